The molecule has 28 heavy (non-hydrogen) atoms. The molecule has 4 heterocycles. The zero-order valence-corrected chi connectivity index (χ0v) is 16.4. The molecule has 0 bridgehead atoms. The van der Waals surface area contributed by atoms with Gasteiger partial charge in [-0.05, 0) is 24.1 Å². The van der Waals surface area contributed by atoms with Gasteiger partial charge < -0.3 is 14.6 Å². The Hall–Kier alpha value is -3.00. The number of fused-ring (bicyclic) bond motifs is 2. The Bertz CT molecular complexity index is 1120. The van der Waals surface area contributed by atoms with E-state index in [9.17, 15) is 0 Å². The van der Waals surface area contributed by atoms with Crippen molar-refractivity contribution in [3.05, 3.63) is 47.6 Å². The van der Waals surface area contributed by atoms with Crippen LogP contribution in [0, 0.1) is 0 Å². The maximum atomic E-state index is 5.27. The van der Waals surface area contributed by atoms with Gasteiger partial charge >= 0.3 is 0 Å². The van der Waals surface area contributed by atoms with Crippen LogP contribution in [0.2, 0.25) is 0 Å². The van der Waals surface area contributed by atoms with Crippen molar-refractivity contribution in [2.75, 3.05) is 19.0 Å². The standard InChI is InChI=1S/C20H20N6OS/c1-27-14-6-4-13(5-7-14)15-11-28-20-18(15)19(22-12-23-20)21-9-8-17-25-24-16-3-2-10-26(16)17/h4-7,11-12H,2-3,8-10H2,1H3,(H,21,22,23). The lowest BCUT2D eigenvalue weighted by molar-refractivity contribution is 0.415. The van der Waals surface area contributed by atoms with Crippen LogP contribution in [0.1, 0.15) is 18.1 Å². The van der Waals surface area contributed by atoms with Crippen LogP contribution in [0.4, 0.5) is 5.82 Å². The molecular formula is C20H20N6OS. The van der Waals surface area contributed by atoms with Crippen LogP contribution >= 0.6 is 11.3 Å². The third-order valence-corrected chi connectivity index (χ3v) is 5.98. The fraction of sp³-hybridized carbons (Fsp3) is 0.300. The van der Waals surface area contributed by atoms with Gasteiger partial charge in [0.15, 0.2) is 0 Å². The summed E-state index contributed by atoms with van der Waals surface area (Å²) in [4.78, 5) is 9.93. The first-order valence-electron chi connectivity index (χ1n) is 9.35. The van der Waals surface area contributed by atoms with Crippen molar-refractivity contribution in [3.63, 3.8) is 0 Å². The predicted octanol–water partition coefficient (Wildman–Crippen LogP) is 3.56. The maximum Gasteiger partial charge on any atom is 0.138 e. The van der Waals surface area contributed by atoms with Gasteiger partial charge in [0.25, 0.3) is 0 Å². The number of nitrogens with one attached hydrogen (secondary N) is 1. The van der Waals surface area contributed by atoms with E-state index < -0.39 is 0 Å². The number of aryl methyl sites for hydroxylation is 1. The molecule has 1 aromatic carbocycles. The van der Waals surface area contributed by atoms with E-state index in [0.29, 0.717) is 0 Å². The lowest BCUT2D eigenvalue weighted by atomic mass is 10.1. The Labute approximate surface area is 166 Å². The summed E-state index contributed by atoms with van der Waals surface area (Å²) in [6.45, 7) is 1.78. The Kier molecular flexibility index (Phi) is 4.40. The Morgan fingerprint density at radius 1 is 1.18 bits per heavy atom. The third kappa shape index (κ3) is 2.99. The molecule has 5 rings (SSSR count). The second-order valence-corrected chi connectivity index (χ2v) is 7.60. The molecule has 0 saturated heterocycles. The summed E-state index contributed by atoms with van der Waals surface area (Å²) in [5, 5.41) is 15.3. The van der Waals surface area contributed by atoms with E-state index in [0.717, 1.165) is 76.9 Å². The average molecular weight is 392 g/mol. The van der Waals surface area contributed by atoms with E-state index in [1.54, 1.807) is 24.8 Å². The van der Waals surface area contributed by atoms with Gasteiger partial charge in [-0.3, -0.25) is 0 Å². The van der Waals surface area contributed by atoms with Gasteiger partial charge in [0, 0.05) is 36.9 Å². The summed E-state index contributed by atoms with van der Waals surface area (Å²) < 4.78 is 7.51. The molecule has 0 saturated carbocycles. The van der Waals surface area contributed by atoms with Crippen LogP contribution in [0.3, 0.4) is 0 Å². The van der Waals surface area contributed by atoms with Crippen molar-refractivity contribution in [2.45, 2.75) is 25.8 Å². The lowest BCUT2D eigenvalue weighted by Gasteiger charge is -2.09. The highest BCUT2D eigenvalue weighted by atomic mass is 32.1. The number of thiophene rings is 1. The summed E-state index contributed by atoms with van der Waals surface area (Å²) in [6, 6.07) is 8.08. The van der Waals surface area contributed by atoms with Gasteiger partial charge in [0.1, 0.15) is 34.4 Å². The second kappa shape index (κ2) is 7.20. The van der Waals surface area contributed by atoms with Gasteiger partial charge in [-0.2, -0.15) is 0 Å². The number of anilines is 1. The molecule has 0 fully saturated rings. The van der Waals surface area contributed by atoms with Crippen LogP contribution < -0.4 is 10.1 Å². The first kappa shape index (κ1) is 17.1. The smallest absolute Gasteiger partial charge is 0.138 e. The topological polar surface area (TPSA) is 77.8 Å². The minimum absolute atomic E-state index is 0.752. The van der Waals surface area contributed by atoms with Gasteiger partial charge in [0.2, 0.25) is 0 Å². The Balaban J connectivity index is 1.40. The van der Waals surface area contributed by atoms with E-state index in [1.807, 2.05) is 12.1 Å². The number of methoxy groups -OCH3 is 1. The van der Waals surface area contributed by atoms with Crippen LogP contribution in [-0.4, -0.2) is 38.4 Å². The van der Waals surface area contributed by atoms with Crippen molar-refractivity contribution in [1.29, 1.82) is 0 Å². The minimum Gasteiger partial charge on any atom is -0.497 e. The number of benzene rings is 1. The molecule has 0 spiro atoms. The average Bonchev–Trinajstić information content (AvgIpc) is 3.45. The number of rotatable bonds is 6. The molecular weight excluding hydrogens is 372 g/mol. The van der Waals surface area contributed by atoms with Gasteiger partial charge in [-0.15, -0.1) is 21.5 Å². The molecule has 0 atom stereocenters. The van der Waals surface area contributed by atoms with Gasteiger partial charge in [-0.25, -0.2) is 9.97 Å². The monoisotopic (exact) mass is 392 g/mol. The van der Waals surface area contributed by atoms with Gasteiger partial charge in [-0.1, -0.05) is 12.1 Å². The fourth-order valence-corrected chi connectivity index (χ4v) is 4.60. The van der Waals surface area contributed by atoms with Crippen molar-refractivity contribution in [3.8, 4) is 16.9 Å². The maximum absolute atomic E-state index is 5.27. The van der Waals surface area contributed by atoms with E-state index in [2.05, 4.69) is 47.6 Å². The van der Waals surface area contributed by atoms with Crippen molar-refractivity contribution in [1.82, 2.24) is 24.7 Å². The van der Waals surface area contributed by atoms with Crippen molar-refractivity contribution in [2.24, 2.45) is 0 Å². The van der Waals surface area contributed by atoms with Gasteiger partial charge in [0.05, 0.1) is 12.5 Å². The summed E-state index contributed by atoms with van der Waals surface area (Å²) in [5.41, 5.74) is 2.26. The third-order valence-electron chi connectivity index (χ3n) is 5.10. The number of hydrogen-bond acceptors (Lipinski definition) is 7. The van der Waals surface area contributed by atoms with Crippen LogP contribution in [0.15, 0.2) is 36.0 Å². The highest BCUT2D eigenvalue weighted by Crippen LogP contribution is 2.37. The molecule has 0 unspecified atom stereocenters. The molecule has 0 radical (unpaired) electrons. The van der Waals surface area contributed by atoms with E-state index in [-0.39, 0.29) is 0 Å². The van der Waals surface area contributed by atoms with Crippen LogP contribution in [0.5, 0.6) is 5.75 Å². The molecule has 1 aliphatic heterocycles. The number of aromatic nitrogens is 5. The highest BCUT2D eigenvalue weighted by Gasteiger charge is 2.17. The summed E-state index contributed by atoms with van der Waals surface area (Å²) in [6.07, 6.45) is 4.64. The zero-order chi connectivity index (χ0) is 18.9. The largest absolute Gasteiger partial charge is 0.497 e. The number of ether oxygens (including phenoxy) is 1. The second-order valence-electron chi connectivity index (χ2n) is 6.74. The normalized spacial score (nSPS) is 13.0. The first-order valence-corrected chi connectivity index (χ1v) is 10.2. The first-order chi connectivity index (χ1) is 13.8. The molecule has 3 aromatic heterocycles. The molecule has 0 aliphatic carbocycles. The Morgan fingerprint density at radius 2 is 2.07 bits per heavy atom. The summed E-state index contributed by atoms with van der Waals surface area (Å²) in [5.74, 6) is 3.86. The van der Waals surface area contributed by atoms with Crippen molar-refractivity contribution < 1.29 is 4.74 Å². The SMILES string of the molecule is COc1ccc(-c2csc3ncnc(NCCc4nnc5n4CCC5)c23)cc1. The lowest BCUT2D eigenvalue weighted by Crippen LogP contribution is -2.11. The van der Waals surface area contributed by atoms with Crippen molar-refractivity contribution >= 4 is 27.4 Å². The van der Waals surface area contributed by atoms with Crippen LogP contribution in [0.25, 0.3) is 21.3 Å². The highest BCUT2D eigenvalue weighted by molar-refractivity contribution is 7.17. The molecule has 142 valence electrons. The summed E-state index contributed by atoms with van der Waals surface area (Å²) >= 11 is 1.63. The number of nitrogens with zero attached hydrogens (tertiary/aromatic N) is 5. The molecule has 1 N–H and O–H groups in total. The van der Waals surface area contributed by atoms with E-state index in [1.165, 1.54) is 0 Å². The molecule has 8 heteroatoms. The molecule has 4 aromatic rings. The zero-order valence-electron chi connectivity index (χ0n) is 15.6. The predicted molar refractivity (Wildman–Crippen MR) is 110 cm³/mol. The molecule has 7 nitrogen and oxygen atoms in total. The number of hydrogen-bond donors (Lipinski definition) is 1. The fourth-order valence-electron chi connectivity index (χ4n) is 3.68. The van der Waals surface area contributed by atoms with E-state index in [4.69, 9.17) is 4.74 Å². The van der Waals surface area contributed by atoms with E-state index >= 15 is 0 Å². The minimum atomic E-state index is 0.752. The Morgan fingerprint density at radius 3 is 2.93 bits per heavy atom. The quantitative estimate of drug-likeness (QED) is 0.541. The van der Waals surface area contributed by atoms with Crippen LogP contribution in [-0.2, 0) is 19.4 Å². The summed E-state index contributed by atoms with van der Waals surface area (Å²) in [7, 11) is 1.68. The molecule has 0 amide bonds. The molecule has 1 aliphatic rings.